The predicted molar refractivity (Wildman–Crippen MR) is 121 cm³/mol. The highest BCUT2D eigenvalue weighted by Crippen LogP contribution is 2.26. The smallest absolute Gasteiger partial charge is 0.261 e. The first-order valence-corrected chi connectivity index (χ1v) is 11.4. The predicted octanol–water partition coefficient (Wildman–Crippen LogP) is 3.22. The van der Waals surface area contributed by atoms with Crippen molar-refractivity contribution in [3.8, 4) is 0 Å². The molecule has 1 amide bonds. The van der Waals surface area contributed by atoms with E-state index < -0.39 is 0 Å². The van der Waals surface area contributed by atoms with Gasteiger partial charge in [-0.25, -0.2) is 4.98 Å². The van der Waals surface area contributed by atoms with Crippen LogP contribution >= 0.6 is 11.3 Å². The fourth-order valence-electron chi connectivity index (χ4n) is 4.44. The molecule has 0 bridgehead atoms. The van der Waals surface area contributed by atoms with E-state index in [1.165, 1.54) is 0 Å². The first-order chi connectivity index (χ1) is 14.5. The maximum atomic E-state index is 12.9. The Morgan fingerprint density at radius 1 is 1.23 bits per heavy atom. The Bertz CT molecular complexity index is 1090. The Kier molecular flexibility index (Phi) is 6.01. The van der Waals surface area contributed by atoms with Crippen LogP contribution < -0.4 is 5.56 Å². The normalized spacial score (nSPS) is 18.6. The number of para-hydroxylation sites is 1. The molecule has 2 atom stereocenters. The molecule has 0 saturated carbocycles. The second kappa shape index (κ2) is 8.70. The Hall–Kier alpha value is -2.51. The van der Waals surface area contributed by atoms with Crippen molar-refractivity contribution in [3.05, 3.63) is 62.8 Å². The van der Waals surface area contributed by atoms with Crippen LogP contribution in [0, 0.1) is 0 Å². The van der Waals surface area contributed by atoms with Crippen LogP contribution in [0.3, 0.4) is 0 Å². The first kappa shape index (κ1) is 20.8. The quantitative estimate of drug-likeness (QED) is 0.631. The van der Waals surface area contributed by atoms with Gasteiger partial charge in [0.15, 0.2) is 0 Å². The largest absolute Gasteiger partial charge is 0.337 e. The highest BCUT2D eigenvalue weighted by molar-refractivity contribution is 7.10. The van der Waals surface area contributed by atoms with E-state index in [1.54, 1.807) is 15.9 Å². The van der Waals surface area contributed by atoms with Gasteiger partial charge in [-0.1, -0.05) is 25.1 Å². The van der Waals surface area contributed by atoms with E-state index in [9.17, 15) is 9.59 Å². The van der Waals surface area contributed by atoms with E-state index in [-0.39, 0.29) is 23.6 Å². The molecule has 0 N–H and O–H groups in total. The van der Waals surface area contributed by atoms with Crippen molar-refractivity contribution in [2.75, 3.05) is 19.6 Å². The number of carbonyl (C=O) groups is 1. The van der Waals surface area contributed by atoms with Gasteiger partial charge in [0.25, 0.3) is 5.56 Å². The summed E-state index contributed by atoms with van der Waals surface area (Å²) in [5.41, 5.74) is 0.735. The average Bonchev–Trinajstić information content (AvgIpc) is 3.25. The van der Waals surface area contributed by atoms with Crippen molar-refractivity contribution in [2.24, 2.45) is 7.05 Å². The van der Waals surface area contributed by atoms with Crippen LogP contribution in [0.2, 0.25) is 0 Å². The lowest BCUT2D eigenvalue weighted by Gasteiger charge is -2.43. The lowest BCUT2D eigenvalue weighted by atomic mass is 10.1. The molecule has 30 heavy (non-hydrogen) atoms. The van der Waals surface area contributed by atoms with Gasteiger partial charge in [-0.2, -0.15) is 0 Å². The molecule has 6 nitrogen and oxygen atoms in total. The van der Waals surface area contributed by atoms with Crippen LogP contribution in [0.15, 0.2) is 46.6 Å². The van der Waals surface area contributed by atoms with Crippen molar-refractivity contribution in [3.63, 3.8) is 0 Å². The SMILES string of the molecule is CCC(c1nc2ccccc2c(=O)n1C)N1CCN(C(=O)Cc2cccs2)C(C)C1. The molecule has 0 radical (unpaired) electrons. The summed E-state index contributed by atoms with van der Waals surface area (Å²) in [6, 6.07) is 11.7. The molecule has 4 rings (SSSR count). The van der Waals surface area contributed by atoms with Gasteiger partial charge in [0.1, 0.15) is 5.82 Å². The monoisotopic (exact) mass is 424 g/mol. The van der Waals surface area contributed by atoms with E-state index in [4.69, 9.17) is 4.98 Å². The Morgan fingerprint density at radius 3 is 2.73 bits per heavy atom. The van der Waals surface area contributed by atoms with Gasteiger partial charge in [0.2, 0.25) is 5.91 Å². The van der Waals surface area contributed by atoms with E-state index in [0.717, 1.165) is 35.7 Å². The Balaban J connectivity index is 1.54. The number of hydrogen-bond acceptors (Lipinski definition) is 5. The summed E-state index contributed by atoms with van der Waals surface area (Å²) in [6.07, 6.45) is 1.33. The molecular weight excluding hydrogens is 396 g/mol. The highest BCUT2D eigenvalue weighted by atomic mass is 32.1. The van der Waals surface area contributed by atoms with Crippen LogP contribution in [0.5, 0.6) is 0 Å². The van der Waals surface area contributed by atoms with Crippen LogP contribution in [0.1, 0.15) is 37.0 Å². The van der Waals surface area contributed by atoms with E-state index in [0.29, 0.717) is 18.4 Å². The van der Waals surface area contributed by atoms with Crippen molar-refractivity contribution in [1.29, 1.82) is 0 Å². The van der Waals surface area contributed by atoms with Gasteiger partial charge in [0, 0.05) is 37.6 Å². The zero-order valence-electron chi connectivity index (χ0n) is 17.7. The van der Waals surface area contributed by atoms with Gasteiger partial charge in [-0.15, -0.1) is 11.3 Å². The molecule has 1 fully saturated rings. The molecular formula is C23H28N4O2S. The number of fused-ring (bicyclic) bond motifs is 1. The molecule has 0 spiro atoms. The molecule has 1 aliphatic heterocycles. The number of thiophene rings is 1. The molecule has 1 aromatic carbocycles. The summed E-state index contributed by atoms with van der Waals surface area (Å²) >= 11 is 1.63. The summed E-state index contributed by atoms with van der Waals surface area (Å²) in [6.45, 7) is 6.49. The summed E-state index contributed by atoms with van der Waals surface area (Å²) < 4.78 is 1.69. The van der Waals surface area contributed by atoms with E-state index in [1.807, 2.05) is 53.7 Å². The molecule has 3 aromatic rings. The van der Waals surface area contributed by atoms with Crippen LogP contribution in [0.25, 0.3) is 10.9 Å². The lowest BCUT2D eigenvalue weighted by molar-refractivity contribution is -0.135. The van der Waals surface area contributed by atoms with Gasteiger partial charge in [-0.3, -0.25) is 19.1 Å². The summed E-state index contributed by atoms with van der Waals surface area (Å²) in [7, 11) is 1.81. The topological polar surface area (TPSA) is 58.4 Å². The van der Waals surface area contributed by atoms with Crippen molar-refractivity contribution in [1.82, 2.24) is 19.4 Å². The Labute approximate surface area is 180 Å². The third kappa shape index (κ3) is 3.91. The zero-order chi connectivity index (χ0) is 21.3. The summed E-state index contributed by atoms with van der Waals surface area (Å²) in [5, 5.41) is 2.66. The number of piperazine rings is 1. The number of carbonyl (C=O) groups excluding carboxylic acids is 1. The highest BCUT2D eigenvalue weighted by Gasteiger charge is 2.32. The van der Waals surface area contributed by atoms with Crippen LogP contribution in [-0.2, 0) is 18.3 Å². The molecule has 1 aliphatic rings. The minimum absolute atomic E-state index is 0.00754. The molecule has 1 saturated heterocycles. The van der Waals surface area contributed by atoms with Gasteiger partial charge in [0.05, 0.1) is 23.4 Å². The van der Waals surface area contributed by atoms with Crippen molar-refractivity contribution < 1.29 is 4.79 Å². The number of hydrogen-bond donors (Lipinski definition) is 0. The lowest BCUT2D eigenvalue weighted by Crippen LogP contribution is -2.55. The van der Waals surface area contributed by atoms with Crippen LogP contribution in [0.4, 0.5) is 0 Å². The molecule has 2 unspecified atom stereocenters. The minimum atomic E-state index is -0.00754. The molecule has 0 aliphatic carbocycles. The minimum Gasteiger partial charge on any atom is -0.337 e. The number of nitrogens with zero attached hydrogens (tertiary/aromatic N) is 4. The fourth-order valence-corrected chi connectivity index (χ4v) is 5.14. The second-order valence-corrected chi connectivity index (χ2v) is 8.99. The number of rotatable bonds is 5. The first-order valence-electron chi connectivity index (χ1n) is 10.5. The van der Waals surface area contributed by atoms with Gasteiger partial charge < -0.3 is 4.90 Å². The van der Waals surface area contributed by atoms with E-state index >= 15 is 0 Å². The van der Waals surface area contributed by atoms with Gasteiger partial charge in [-0.05, 0) is 36.9 Å². The maximum absolute atomic E-state index is 12.9. The number of aromatic nitrogens is 2. The van der Waals surface area contributed by atoms with Crippen molar-refractivity contribution >= 4 is 28.1 Å². The summed E-state index contributed by atoms with van der Waals surface area (Å²) in [5.74, 6) is 0.987. The summed E-state index contributed by atoms with van der Waals surface area (Å²) in [4.78, 5) is 36.0. The average molecular weight is 425 g/mol. The number of benzene rings is 1. The van der Waals surface area contributed by atoms with Crippen LogP contribution in [-0.4, -0.2) is 50.9 Å². The maximum Gasteiger partial charge on any atom is 0.261 e. The molecule has 2 aromatic heterocycles. The third-order valence-corrected chi connectivity index (χ3v) is 6.90. The fraction of sp³-hybridized carbons (Fsp3) is 0.435. The van der Waals surface area contributed by atoms with Gasteiger partial charge >= 0.3 is 0 Å². The number of amides is 1. The standard InChI is InChI=1S/C23H28N4O2S/c1-4-20(22-24-19-10-6-5-9-18(19)23(29)25(22)3)26-11-12-27(16(2)15-26)21(28)14-17-8-7-13-30-17/h5-10,13,16,20H,4,11-12,14-15H2,1-3H3. The van der Waals surface area contributed by atoms with Crippen molar-refractivity contribution in [2.45, 2.75) is 38.8 Å². The Morgan fingerprint density at radius 2 is 2.03 bits per heavy atom. The molecule has 7 heteroatoms. The van der Waals surface area contributed by atoms with E-state index in [2.05, 4.69) is 18.7 Å². The second-order valence-electron chi connectivity index (χ2n) is 7.96. The molecule has 3 heterocycles. The third-order valence-electron chi connectivity index (χ3n) is 6.03. The zero-order valence-corrected chi connectivity index (χ0v) is 18.6. The molecule has 158 valence electrons.